The van der Waals surface area contributed by atoms with Gasteiger partial charge in [0, 0.05) is 23.1 Å². The molecule has 0 aliphatic rings. The number of amides is 1. The molecule has 0 radical (unpaired) electrons. The lowest BCUT2D eigenvalue weighted by atomic mass is 10.2. The lowest BCUT2D eigenvalue weighted by molar-refractivity contribution is -0.144. The number of carbonyl (C=O) groups is 2. The van der Waals surface area contributed by atoms with E-state index in [1.807, 2.05) is 30.3 Å². The van der Waals surface area contributed by atoms with Crippen molar-refractivity contribution in [2.24, 2.45) is 0 Å². The number of ether oxygens (including phenoxy) is 3. The Morgan fingerprint density at radius 1 is 1.10 bits per heavy atom. The summed E-state index contributed by atoms with van der Waals surface area (Å²) in [5, 5.41) is 3.71. The Morgan fingerprint density at radius 3 is 2.63 bits per heavy atom. The van der Waals surface area contributed by atoms with E-state index in [0.717, 1.165) is 11.0 Å². The van der Waals surface area contributed by atoms with Crippen molar-refractivity contribution < 1.29 is 28.2 Å². The highest BCUT2D eigenvalue weighted by molar-refractivity contribution is 5.89. The smallest absolute Gasteiger partial charge is 0.331 e. The number of carbonyl (C=O) groups excluding carboxylic acids is 2. The molecule has 1 heterocycles. The summed E-state index contributed by atoms with van der Waals surface area (Å²) in [4.78, 5) is 24.0. The summed E-state index contributed by atoms with van der Waals surface area (Å²) >= 11 is 0. The van der Waals surface area contributed by atoms with E-state index in [1.54, 1.807) is 38.3 Å². The van der Waals surface area contributed by atoms with Crippen LogP contribution < -0.4 is 14.8 Å². The fraction of sp³-hybridized carbons (Fsp3) is 0.217. The Hall–Kier alpha value is -3.74. The second kappa shape index (κ2) is 9.65. The van der Waals surface area contributed by atoms with Crippen LogP contribution >= 0.6 is 0 Å². The SMILES string of the molecule is COc1ccc(/C=C/C(=O)OCC(=O)N[C@@H](C)c2cc3ccccc3o2)c(OC)c1. The van der Waals surface area contributed by atoms with Crippen molar-refractivity contribution in [2.45, 2.75) is 13.0 Å². The number of hydrogen-bond donors (Lipinski definition) is 1. The molecule has 1 aromatic heterocycles. The van der Waals surface area contributed by atoms with Crippen molar-refractivity contribution in [1.29, 1.82) is 0 Å². The average Bonchev–Trinajstić information content (AvgIpc) is 3.20. The van der Waals surface area contributed by atoms with Gasteiger partial charge in [-0.15, -0.1) is 0 Å². The molecule has 0 saturated heterocycles. The van der Waals surface area contributed by atoms with Crippen molar-refractivity contribution in [3.63, 3.8) is 0 Å². The molecular weight excluding hydrogens is 386 g/mol. The molecule has 30 heavy (non-hydrogen) atoms. The zero-order valence-corrected chi connectivity index (χ0v) is 17.0. The predicted octanol–water partition coefficient (Wildman–Crippen LogP) is 3.88. The first kappa shape index (κ1) is 21.0. The van der Waals surface area contributed by atoms with Crippen LogP contribution in [0.15, 0.2) is 59.0 Å². The quantitative estimate of drug-likeness (QED) is 0.449. The monoisotopic (exact) mass is 409 g/mol. The van der Waals surface area contributed by atoms with Gasteiger partial charge in [-0.2, -0.15) is 0 Å². The Kier molecular flexibility index (Phi) is 6.75. The first-order valence-electron chi connectivity index (χ1n) is 9.35. The summed E-state index contributed by atoms with van der Waals surface area (Å²) < 4.78 is 21.1. The number of nitrogens with one attached hydrogen (secondary N) is 1. The minimum atomic E-state index is -0.639. The number of furan rings is 1. The minimum Gasteiger partial charge on any atom is -0.497 e. The molecule has 1 atom stereocenters. The van der Waals surface area contributed by atoms with Crippen molar-refractivity contribution in [3.8, 4) is 11.5 Å². The van der Waals surface area contributed by atoms with Gasteiger partial charge in [-0.1, -0.05) is 18.2 Å². The number of esters is 1. The molecule has 0 spiro atoms. The van der Waals surface area contributed by atoms with E-state index < -0.39 is 18.5 Å². The molecule has 2 aromatic carbocycles. The zero-order valence-electron chi connectivity index (χ0n) is 17.0. The topological polar surface area (TPSA) is 87.0 Å². The highest BCUT2D eigenvalue weighted by Crippen LogP contribution is 2.26. The Morgan fingerprint density at radius 2 is 1.90 bits per heavy atom. The molecule has 1 N–H and O–H groups in total. The molecule has 3 aromatic rings. The third kappa shape index (κ3) is 5.20. The van der Waals surface area contributed by atoms with E-state index >= 15 is 0 Å². The van der Waals surface area contributed by atoms with Gasteiger partial charge in [-0.25, -0.2) is 4.79 Å². The van der Waals surface area contributed by atoms with Crippen LogP contribution in [0.2, 0.25) is 0 Å². The third-order valence-corrected chi connectivity index (χ3v) is 4.43. The molecular formula is C23H23NO6. The Bertz CT molecular complexity index is 1040. The van der Waals surface area contributed by atoms with Crippen LogP contribution in [0.5, 0.6) is 11.5 Å². The lowest BCUT2D eigenvalue weighted by Gasteiger charge is -2.11. The van der Waals surface area contributed by atoms with Crippen LogP contribution in [0.25, 0.3) is 17.0 Å². The first-order chi connectivity index (χ1) is 14.5. The lowest BCUT2D eigenvalue weighted by Crippen LogP contribution is -2.30. The van der Waals surface area contributed by atoms with Crippen molar-refractivity contribution in [3.05, 3.63) is 65.9 Å². The number of fused-ring (bicyclic) bond motifs is 1. The molecule has 0 saturated carbocycles. The zero-order chi connectivity index (χ0) is 21.5. The van der Waals surface area contributed by atoms with Crippen LogP contribution in [-0.2, 0) is 14.3 Å². The summed E-state index contributed by atoms with van der Waals surface area (Å²) in [5.74, 6) is 0.756. The van der Waals surface area contributed by atoms with Gasteiger partial charge < -0.3 is 23.9 Å². The van der Waals surface area contributed by atoms with Gasteiger partial charge in [-0.3, -0.25) is 4.79 Å². The molecule has 0 bridgehead atoms. The van der Waals surface area contributed by atoms with Gasteiger partial charge in [0.2, 0.25) is 0 Å². The number of benzene rings is 2. The molecule has 156 valence electrons. The van der Waals surface area contributed by atoms with E-state index in [-0.39, 0.29) is 6.04 Å². The summed E-state index contributed by atoms with van der Waals surface area (Å²) in [7, 11) is 3.08. The number of rotatable bonds is 8. The Balaban J connectivity index is 1.51. The van der Waals surface area contributed by atoms with Crippen molar-refractivity contribution >= 4 is 28.9 Å². The predicted molar refractivity (Wildman–Crippen MR) is 112 cm³/mol. The second-order valence-electron chi connectivity index (χ2n) is 6.52. The molecule has 0 aliphatic heterocycles. The third-order valence-electron chi connectivity index (χ3n) is 4.43. The van der Waals surface area contributed by atoms with Gasteiger partial charge in [0.05, 0.1) is 20.3 Å². The second-order valence-corrected chi connectivity index (χ2v) is 6.52. The van der Waals surface area contributed by atoms with Gasteiger partial charge in [0.25, 0.3) is 5.91 Å². The molecule has 0 aliphatic carbocycles. The van der Waals surface area contributed by atoms with E-state index in [9.17, 15) is 9.59 Å². The molecule has 3 rings (SSSR count). The summed E-state index contributed by atoms with van der Waals surface area (Å²) in [6.07, 6.45) is 2.79. The van der Waals surface area contributed by atoms with Gasteiger partial charge in [-0.05, 0) is 37.3 Å². The molecule has 0 unspecified atom stereocenters. The van der Waals surface area contributed by atoms with Gasteiger partial charge >= 0.3 is 5.97 Å². The van der Waals surface area contributed by atoms with Crippen LogP contribution in [0.4, 0.5) is 0 Å². The van der Waals surface area contributed by atoms with E-state index in [2.05, 4.69) is 5.32 Å². The molecule has 7 heteroatoms. The maximum absolute atomic E-state index is 12.1. The van der Waals surface area contributed by atoms with Gasteiger partial charge in [0.15, 0.2) is 6.61 Å². The molecule has 0 fully saturated rings. The number of hydrogen-bond acceptors (Lipinski definition) is 6. The van der Waals surface area contributed by atoms with Crippen molar-refractivity contribution in [1.82, 2.24) is 5.32 Å². The van der Waals surface area contributed by atoms with Crippen LogP contribution in [0, 0.1) is 0 Å². The van der Waals surface area contributed by atoms with Crippen LogP contribution in [0.3, 0.4) is 0 Å². The minimum absolute atomic E-state index is 0.359. The fourth-order valence-corrected chi connectivity index (χ4v) is 2.87. The van der Waals surface area contributed by atoms with E-state index in [1.165, 1.54) is 13.2 Å². The molecule has 1 amide bonds. The maximum atomic E-state index is 12.1. The van der Waals surface area contributed by atoms with Crippen LogP contribution in [0.1, 0.15) is 24.3 Å². The van der Waals surface area contributed by atoms with Gasteiger partial charge in [0.1, 0.15) is 22.8 Å². The highest BCUT2D eigenvalue weighted by atomic mass is 16.5. The Labute approximate surface area is 174 Å². The van der Waals surface area contributed by atoms with E-state index in [0.29, 0.717) is 22.8 Å². The standard InChI is InChI=1S/C23H23NO6/c1-15(20-12-17-6-4-5-7-19(17)30-20)24-22(25)14-29-23(26)11-9-16-8-10-18(27-2)13-21(16)28-3/h4-13,15H,14H2,1-3H3,(H,24,25)/b11-9+/t15-/m0/s1. The number of para-hydroxylation sites is 1. The summed E-state index contributed by atoms with van der Waals surface area (Å²) in [5.41, 5.74) is 1.43. The van der Waals surface area contributed by atoms with Crippen molar-refractivity contribution in [2.75, 3.05) is 20.8 Å². The van der Waals surface area contributed by atoms with Crippen LogP contribution in [-0.4, -0.2) is 32.7 Å². The largest absolute Gasteiger partial charge is 0.497 e. The summed E-state index contributed by atoms with van der Waals surface area (Å²) in [6, 6.07) is 14.3. The fourth-order valence-electron chi connectivity index (χ4n) is 2.87. The normalized spacial score (nSPS) is 12.0. The number of methoxy groups -OCH3 is 2. The molecule has 7 nitrogen and oxygen atoms in total. The first-order valence-corrected chi connectivity index (χ1v) is 9.35. The maximum Gasteiger partial charge on any atom is 0.331 e. The average molecular weight is 409 g/mol. The van der Waals surface area contributed by atoms with E-state index in [4.69, 9.17) is 18.6 Å². The highest BCUT2D eigenvalue weighted by Gasteiger charge is 2.15. The summed E-state index contributed by atoms with van der Waals surface area (Å²) in [6.45, 7) is 1.40.